The van der Waals surface area contributed by atoms with Crippen LogP contribution >= 0.6 is 11.6 Å². The predicted octanol–water partition coefficient (Wildman–Crippen LogP) is 3.58. The van der Waals surface area contributed by atoms with Gasteiger partial charge >= 0.3 is 10.4 Å². The molecule has 0 aliphatic carbocycles. The van der Waals surface area contributed by atoms with E-state index in [1.807, 2.05) is 0 Å². The Kier molecular flexibility index (Phi) is 8.33. The van der Waals surface area contributed by atoms with Crippen molar-refractivity contribution in [2.45, 2.75) is 45.1 Å². The van der Waals surface area contributed by atoms with Crippen LogP contribution < -0.4 is 9.47 Å². The first kappa shape index (κ1) is 22.7. The molecule has 0 spiro atoms. The highest BCUT2D eigenvalue weighted by Crippen LogP contribution is 2.36. The average molecular weight is 408 g/mol. The largest absolute Gasteiger partial charge is 0.493 e. The summed E-state index contributed by atoms with van der Waals surface area (Å²) < 4.78 is 42.4. The summed E-state index contributed by atoms with van der Waals surface area (Å²) in [6.45, 7) is 4.35. The number of alkyl halides is 1. The molecule has 2 rings (SSSR count). The first-order valence-electron chi connectivity index (χ1n) is 8.10. The van der Waals surface area contributed by atoms with Gasteiger partial charge in [-0.15, -0.1) is 11.6 Å². The monoisotopic (exact) mass is 407 g/mol. The molecule has 0 atom stereocenters. The molecule has 1 heterocycles. The Balaban J connectivity index is 0.000000597. The highest BCUT2D eigenvalue weighted by atomic mass is 35.5. The topological polar surface area (TPSA) is 105 Å². The Hall–Kier alpha value is -1.35. The maximum atomic E-state index is 8.74. The van der Waals surface area contributed by atoms with Crippen molar-refractivity contribution in [2.24, 2.45) is 4.99 Å². The summed E-state index contributed by atoms with van der Waals surface area (Å²) in [5.74, 6) is 2.25. The minimum Gasteiger partial charge on any atom is -0.493 e. The molecule has 1 aromatic rings. The van der Waals surface area contributed by atoms with E-state index in [0.717, 1.165) is 42.9 Å². The lowest BCUT2D eigenvalue weighted by atomic mass is 9.85. The quantitative estimate of drug-likeness (QED) is 0.424. The first-order valence-corrected chi connectivity index (χ1v) is 10.0. The lowest BCUT2D eigenvalue weighted by Gasteiger charge is -2.30. The van der Waals surface area contributed by atoms with Crippen molar-refractivity contribution in [3.63, 3.8) is 0 Å². The summed E-state index contributed by atoms with van der Waals surface area (Å²) in [7, 11) is -1.32. The van der Waals surface area contributed by atoms with Gasteiger partial charge in [-0.3, -0.25) is 14.1 Å². The molecule has 0 aromatic heterocycles. The summed E-state index contributed by atoms with van der Waals surface area (Å²) in [5, 5.41) is 0. The SMILES string of the molecule is COc1cc2c(cc1OC)C(CCCCCl)=NC(C)(C)C2.O=S(=O)(O)O. The molecule has 0 saturated carbocycles. The van der Waals surface area contributed by atoms with Crippen LogP contribution in [0.25, 0.3) is 0 Å². The van der Waals surface area contributed by atoms with E-state index in [4.69, 9.17) is 43.6 Å². The summed E-state index contributed by atoms with van der Waals surface area (Å²) >= 11 is 5.79. The Morgan fingerprint density at radius 3 is 2.19 bits per heavy atom. The highest BCUT2D eigenvalue weighted by molar-refractivity contribution is 7.79. The molecule has 0 unspecified atom stereocenters. The van der Waals surface area contributed by atoms with Gasteiger partial charge < -0.3 is 9.47 Å². The molecule has 0 bridgehead atoms. The molecule has 2 N–H and O–H groups in total. The van der Waals surface area contributed by atoms with Crippen molar-refractivity contribution in [1.29, 1.82) is 0 Å². The minimum absolute atomic E-state index is 0.0666. The molecule has 148 valence electrons. The maximum absolute atomic E-state index is 8.74. The second-order valence-electron chi connectivity index (χ2n) is 6.51. The maximum Gasteiger partial charge on any atom is 0.394 e. The zero-order chi connectivity index (χ0) is 20.0. The number of unbranched alkanes of at least 4 members (excludes halogenated alkanes) is 1. The summed E-state index contributed by atoms with van der Waals surface area (Å²) in [5.41, 5.74) is 3.57. The van der Waals surface area contributed by atoms with Crippen molar-refractivity contribution in [2.75, 3.05) is 20.1 Å². The Labute approximate surface area is 160 Å². The Morgan fingerprint density at radius 2 is 1.69 bits per heavy atom. The lowest BCUT2D eigenvalue weighted by Crippen LogP contribution is -2.29. The molecule has 1 aromatic carbocycles. The van der Waals surface area contributed by atoms with Gasteiger partial charge in [-0.25, -0.2) is 0 Å². The van der Waals surface area contributed by atoms with Gasteiger partial charge in [-0.2, -0.15) is 8.42 Å². The van der Waals surface area contributed by atoms with E-state index in [1.54, 1.807) is 14.2 Å². The van der Waals surface area contributed by atoms with Gasteiger partial charge in [0.25, 0.3) is 0 Å². The third-order valence-electron chi connectivity index (χ3n) is 3.78. The molecular weight excluding hydrogens is 382 g/mol. The van der Waals surface area contributed by atoms with Crippen LogP contribution in [-0.4, -0.2) is 48.9 Å². The number of fused-ring (bicyclic) bond motifs is 1. The van der Waals surface area contributed by atoms with Crippen LogP contribution in [0.5, 0.6) is 11.5 Å². The number of halogens is 1. The van der Waals surface area contributed by atoms with Crippen LogP contribution in [0.2, 0.25) is 0 Å². The van der Waals surface area contributed by atoms with Crippen LogP contribution in [0, 0.1) is 0 Å². The number of hydrogen-bond acceptors (Lipinski definition) is 5. The van der Waals surface area contributed by atoms with E-state index in [1.165, 1.54) is 11.1 Å². The summed E-state index contributed by atoms with van der Waals surface area (Å²) in [6.07, 6.45) is 3.95. The zero-order valence-electron chi connectivity index (χ0n) is 15.5. The molecule has 0 saturated heterocycles. The normalized spacial score (nSPS) is 15.3. The van der Waals surface area contributed by atoms with E-state index in [2.05, 4.69) is 26.0 Å². The Bertz CT molecular complexity index is 738. The predicted molar refractivity (Wildman–Crippen MR) is 103 cm³/mol. The third-order valence-corrected chi connectivity index (χ3v) is 4.05. The van der Waals surface area contributed by atoms with Crippen molar-refractivity contribution in [3.05, 3.63) is 23.3 Å². The van der Waals surface area contributed by atoms with Crippen molar-refractivity contribution in [1.82, 2.24) is 0 Å². The van der Waals surface area contributed by atoms with E-state index in [9.17, 15) is 0 Å². The third kappa shape index (κ3) is 7.49. The Morgan fingerprint density at radius 1 is 1.15 bits per heavy atom. The van der Waals surface area contributed by atoms with Crippen LogP contribution in [0.1, 0.15) is 44.2 Å². The molecular formula is C17H26ClNO6S. The molecule has 1 aliphatic rings. The van der Waals surface area contributed by atoms with Crippen molar-refractivity contribution < 1.29 is 27.0 Å². The van der Waals surface area contributed by atoms with Crippen LogP contribution in [0.4, 0.5) is 0 Å². The minimum atomic E-state index is -4.67. The van der Waals surface area contributed by atoms with Crippen molar-refractivity contribution >= 4 is 27.7 Å². The first-order chi connectivity index (χ1) is 12.0. The molecule has 7 nitrogen and oxygen atoms in total. The molecule has 9 heteroatoms. The van der Waals surface area contributed by atoms with E-state index in [-0.39, 0.29) is 5.54 Å². The van der Waals surface area contributed by atoms with Gasteiger partial charge in [0.2, 0.25) is 0 Å². The number of aliphatic imine (C=N–C) groups is 1. The van der Waals surface area contributed by atoms with Gasteiger partial charge in [-0.05, 0) is 57.2 Å². The number of methoxy groups -OCH3 is 2. The fraction of sp³-hybridized carbons (Fsp3) is 0.588. The van der Waals surface area contributed by atoms with E-state index >= 15 is 0 Å². The van der Waals surface area contributed by atoms with Gasteiger partial charge in [0.15, 0.2) is 11.5 Å². The molecule has 1 aliphatic heterocycles. The summed E-state index contributed by atoms with van der Waals surface area (Å²) in [6, 6.07) is 4.15. The molecule has 26 heavy (non-hydrogen) atoms. The average Bonchev–Trinajstić information content (AvgIpc) is 2.51. The second kappa shape index (κ2) is 9.55. The van der Waals surface area contributed by atoms with E-state index in [0.29, 0.717) is 5.88 Å². The van der Waals surface area contributed by atoms with Gasteiger partial charge in [0.1, 0.15) is 0 Å². The molecule has 0 fully saturated rings. The van der Waals surface area contributed by atoms with E-state index < -0.39 is 10.4 Å². The summed E-state index contributed by atoms with van der Waals surface area (Å²) in [4.78, 5) is 4.94. The van der Waals surface area contributed by atoms with Crippen LogP contribution in [0.15, 0.2) is 17.1 Å². The van der Waals surface area contributed by atoms with Crippen molar-refractivity contribution in [3.8, 4) is 11.5 Å². The molecule has 0 amide bonds. The van der Waals surface area contributed by atoms with Crippen LogP contribution in [0.3, 0.4) is 0 Å². The lowest BCUT2D eigenvalue weighted by molar-refractivity contribution is 0.353. The smallest absolute Gasteiger partial charge is 0.394 e. The zero-order valence-corrected chi connectivity index (χ0v) is 17.0. The van der Waals surface area contributed by atoms with Gasteiger partial charge in [-0.1, -0.05) is 0 Å². The number of rotatable bonds is 6. The number of nitrogens with zero attached hydrogens (tertiary/aromatic N) is 1. The van der Waals surface area contributed by atoms with Gasteiger partial charge in [0.05, 0.1) is 19.8 Å². The van der Waals surface area contributed by atoms with Gasteiger partial charge in [0, 0.05) is 17.2 Å². The molecule has 0 radical (unpaired) electrons. The standard InChI is InChI=1S/C17H24ClNO2.H2O4S/c1-17(2)11-12-9-15(20-3)16(21-4)10-13(12)14(19-17)7-5-6-8-18;1-5(2,3)4/h9-10H,5-8,11H2,1-4H3;(H2,1,2,3,4). The number of ether oxygens (including phenoxy) is 2. The fourth-order valence-corrected chi connectivity index (χ4v) is 3.03. The fourth-order valence-electron chi connectivity index (χ4n) is 2.84. The highest BCUT2D eigenvalue weighted by Gasteiger charge is 2.28. The van der Waals surface area contributed by atoms with Crippen LogP contribution in [-0.2, 0) is 16.8 Å². The number of hydrogen-bond donors (Lipinski definition) is 2. The second-order valence-corrected chi connectivity index (χ2v) is 7.78. The number of benzene rings is 1.